The van der Waals surface area contributed by atoms with Crippen LogP contribution in [0.4, 0.5) is 4.79 Å². The number of halogens is 1. The topological polar surface area (TPSA) is 63.4 Å². The van der Waals surface area contributed by atoms with E-state index in [1.807, 2.05) is 0 Å². The molecule has 5 nitrogen and oxygen atoms in total. The summed E-state index contributed by atoms with van der Waals surface area (Å²) in [5.41, 5.74) is 1.14. The monoisotopic (exact) mass is 421 g/mol. The van der Waals surface area contributed by atoms with Crippen molar-refractivity contribution in [2.75, 3.05) is 6.61 Å². The van der Waals surface area contributed by atoms with Gasteiger partial charge in [0.25, 0.3) is 0 Å². The number of amides is 1. The van der Waals surface area contributed by atoms with Crippen LogP contribution < -0.4 is 3.53 Å². The molecule has 2 unspecified atom stereocenters. The number of epoxide rings is 2. The van der Waals surface area contributed by atoms with Gasteiger partial charge >= 0.3 is 6.09 Å². The third kappa shape index (κ3) is 3.14. The zero-order valence-electron chi connectivity index (χ0n) is 13.4. The highest BCUT2D eigenvalue weighted by Crippen LogP contribution is 2.59. The predicted octanol–water partition coefficient (Wildman–Crippen LogP) is 3.51. The van der Waals surface area contributed by atoms with Crippen LogP contribution >= 0.6 is 22.9 Å². The molecule has 1 aliphatic carbocycles. The van der Waals surface area contributed by atoms with Gasteiger partial charge in [0.2, 0.25) is 0 Å². The van der Waals surface area contributed by atoms with Crippen molar-refractivity contribution in [3.8, 4) is 0 Å². The first-order valence-electron chi connectivity index (χ1n) is 7.92. The summed E-state index contributed by atoms with van der Waals surface area (Å²) >= 11 is 1.80. The summed E-state index contributed by atoms with van der Waals surface area (Å²) in [5, 5.41) is 0. The predicted molar refractivity (Wildman–Crippen MR) is 90.8 cm³/mol. The molecule has 1 N–H and O–H groups in total. The Labute approximate surface area is 145 Å². The third-order valence-corrected chi connectivity index (χ3v) is 5.74. The Morgan fingerprint density at radius 1 is 1.50 bits per heavy atom. The fourth-order valence-corrected chi connectivity index (χ4v) is 3.98. The minimum atomic E-state index is -0.361. The Bertz CT molecular complexity index is 487. The van der Waals surface area contributed by atoms with E-state index in [0.717, 1.165) is 32.3 Å². The van der Waals surface area contributed by atoms with E-state index in [1.54, 1.807) is 22.9 Å². The van der Waals surface area contributed by atoms with Crippen molar-refractivity contribution in [1.82, 2.24) is 3.53 Å². The lowest BCUT2D eigenvalue weighted by molar-refractivity contribution is 0.00435. The lowest BCUT2D eigenvalue weighted by atomic mass is 9.70. The van der Waals surface area contributed by atoms with Gasteiger partial charge in [0.15, 0.2) is 0 Å². The molecular formula is C16H24INO4. The first kappa shape index (κ1) is 16.5. The smallest absolute Gasteiger partial charge is 0.416 e. The number of allylic oxidation sites excluding steroid dienone is 1. The number of ether oxygens (including phenoxy) is 3. The summed E-state index contributed by atoms with van der Waals surface area (Å²) in [5.74, 6) is 0.302. The Hall–Kier alpha value is -0.340. The highest BCUT2D eigenvalue weighted by Gasteiger charge is 2.68. The summed E-state index contributed by atoms with van der Waals surface area (Å²) in [6, 6.07) is 0. The molecule has 1 spiro atoms. The van der Waals surface area contributed by atoms with Crippen molar-refractivity contribution in [2.45, 2.75) is 69.9 Å². The van der Waals surface area contributed by atoms with Crippen molar-refractivity contribution < 1.29 is 19.0 Å². The van der Waals surface area contributed by atoms with E-state index in [4.69, 9.17) is 14.2 Å². The Kier molecular flexibility index (Phi) is 4.46. The lowest BCUT2D eigenvalue weighted by Gasteiger charge is -2.36. The third-order valence-electron chi connectivity index (χ3n) is 5.30. The molecular weight excluding hydrogens is 397 g/mol. The maximum absolute atomic E-state index is 11.5. The molecule has 1 saturated carbocycles. The Balaban J connectivity index is 1.65. The van der Waals surface area contributed by atoms with Crippen molar-refractivity contribution in [1.29, 1.82) is 0 Å². The molecule has 0 bridgehead atoms. The molecule has 0 aromatic heterocycles. The van der Waals surface area contributed by atoms with Gasteiger partial charge in [-0.1, -0.05) is 11.6 Å². The molecule has 1 amide bonds. The molecule has 0 aromatic carbocycles. The van der Waals surface area contributed by atoms with Crippen LogP contribution in [0.15, 0.2) is 11.6 Å². The van der Waals surface area contributed by atoms with Gasteiger partial charge in [-0.15, -0.1) is 0 Å². The molecule has 3 aliphatic rings. The number of carbonyl (C=O) groups is 1. The maximum Gasteiger partial charge on any atom is 0.416 e. The molecule has 3 fully saturated rings. The van der Waals surface area contributed by atoms with Crippen LogP contribution in [0.1, 0.15) is 46.5 Å². The quantitative estimate of drug-likeness (QED) is 0.327. The van der Waals surface area contributed by atoms with E-state index in [0.29, 0.717) is 5.92 Å². The number of hydrogen-bond acceptors (Lipinski definition) is 4. The maximum atomic E-state index is 11.5. The zero-order valence-corrected chi connectivity index (χ0v) is 15.5. The van der Waals surface area contributed by atoms with Gasteiger partial charge in [0, 0.05) is 5.92 Å². The second-order valence-corrected chi connectivity index (χ2v) is 7.65. The minimum absolute atomic E-state index is 0.0326. The van der Waals surface area contributed by atoms with Crippen molar-refractivity contribution in [2.24, 2.45) is 5.92 Å². The van der Waals surface area contributed by atoms with Crippen LogP contribution in [-0.2, 0) is 14.2 Å². The molecule has 124 valence electrons. The Morgan fingerprint density at radius 3 is 2.82 bits per heavy atom. The highest BCUT2D eigenvalue weighted by atomic mass is 127. The van der Waals surface area contributed by atoms with E-state index < -0.39 is 0 Å². The SMILES string of the molecule is CC(C)=CCC1OC1(C)[C@H]1C[C@H](OC(=O)NI)CC[C@]12CO2. The van der Waals surface area contributed by atoms with Crippen LogP contribution in [0.3, 0.4) is 0 Å². The second kappa shape index (κ2) is 5.94. The van der Waals surface area contributed by atoms with E-state index >= 15 is 0 Å². The molecule has 0 radical (unpaired) electrons. The van der Waals surface area contributed by atoms with Crippen LogP contribution in [-0.4, -0.2) is 36.1 Å². The fourth-order valence-electron chi connectivity index (χ4n) is 3.85. The first-order chi connectivity index (χ1) is 10.4. The number of carbonyl (C=O) groups excluding carboxylic acids is 1. The van der Waals surface area contributed by atoms with Crippen molar-refractivity contribution in [3.63, 3.8) is 0 Å². The van der Waals surface area contributed by atoms with E-state index in [-0.39, 0.29) is 29.5 Å². The molecule has 6 heteroatoms. The summed E-state index contributed by atoms with van der Waals surface area (Å²) in [4.78, 5) is 11.5. The average molecular weight is 421 g/mol. The normalized spacial score (nSPS) is 42.6. The summed E-state index contributed by atoms with van der Waals surface area (Å²) in [6.07, 6.45) is 5.68. The van der Waals surface area contributed by atoms with E-state index in [2.05, 4.69) is 30.4 Å². The van der Waals surface area contributed by atoms with Crippen LogP contribution in [0, 0.1) is 5.92 Å². The van der Waals surface area contributed by atoms with Gasteiger partial charge in [0.05, 0.1) is 46.8 Å². The number of nitrogens with one attached hydrogen (secondary N) is 1. The summed E-state index contributed by atoms with van der Waals surface area (Å²) < 4.78 is 19.8. The average Bonchev–Trinajstić information content (AvgIpc) is 3.38. The minimum Gasteiger partial charge on any atom is -0.446 e. The Morgan fingerprint density at radius 2 is 2.23 bits per heavy atom. The molecule has 5 atom stereocenters. The van der Waals surface area contributed by atoms with Crippen molar-refractivity contribution in [3.05, 3.63) is 11.6 Å². The molecule has 2 saturated heterocycles. The van der Waals surface area contributed by atoms with Gasteiger partial charge in [-0.3, -0.25) is 3.53 Å². The van der Waals surface area contributed by atoms with E-state index in [9.17, 15) is 4.79 Å². The van der Waals surface area contributed by atoms with Gasteiger partial charge in [-0.25, -0.2) is 4.79 Å². The molecule has 3 rings (SSSR count). The number of rotatable bonds is 4. The summed E-state index contributed by atoms with van der Waals surface area (Å²) in [6.45, 7) is 7.22. The van der Waals surface area contributed by atoms with Crippen LogP contribution in [0.2, 0.25) is 0 Å². The van der Waals surface area contributed by atoms with Crippen LogP contribution in [0.5, 0.6) is 0 Å². The van der Waals surface area contributed by atoms with E-state index in [1.165, 1.54) is 5.57 Å². The van der Waals surface area contributed by atoms with Crippen LogP contribution in [0.25, 0.3) is 0 Å². The second-order valence-electron chi connectivity index (χ2n) is 7.11. The molecule has 2 heterocycles. The lowest BCUT2D eigenvalue weighted by Crippen LogP contribution is -2.45. The fraction of sp³-hybridized carbons (Fsp3) is 0.812. The highest BCUT2D eigenvalue weighted by molar-refractivity contribution is 14.1. The standard InChI is InChI=1S/C16H24INO4/c1-10(2)4-5-13-15(3,22-13)12-8-11(21-14(19)18-17)6-7-16(12)9-20-16/h4,11-13H,5-9H2,1-3H3,(H,18,19)/t11-,12-,13?,15?,16+/m1/s1. The van der Waals surface area contributed by atoms with Crippen molar-refractivity contribution >= 4 is 29.0 Å². The van der Waals surface area contributed by atoms with Gasteiger partial charge < -0.3 is 14.2 Å². The van der Waals surface area contributed by atoms with Gasteiger partial charge in [0.1, 0.15) is 6.10 Å². The molecule has 0 aromatic rings. The molecule has 22 heavy (non-hydrogen) atoms. The molecule has 2 aliphatic heterocycles. The van der Waals surface area contributed by atoms with Gasteiger partial charge in [-0.05, 0) is 46.5 Å². The van der Waals surface area contributed by atoms with Gasteiger partial charge in [-0.2, -0.15) is 0 Å². The first-order valence-corrected chi connectivity index (χ1v) is 9.00. The summed E-state index contributed by atoms with van der Waals surface area (Å²) in [7, 11) is 0. The zero-order chi connectivity index (χ0) is 16.0. The number of hydrogen-bond donors (Lipinski definition) is 1. The largest absolute Gasteiger partial charge is 0.446 e.